The smallest absolute Gasteiger partial charge is 0.261 e. The minimum absolute atomic E-state index is 0.0293. The van der Waals surface area contributed by atoms with E-state index >= 15 is 0 Å². The highest BCUT2D eigenvalue weighted by molar-refractivity contribution is 5.60. The Hall–Kier alpha value is -2.69. The maximum atomic E-state index is 12.4. The average Bonchev–Trinajstić information content (AvgIpc) is 3.00. The van der Waals surface area contributed by atoms with Crippen LogP contribution in [0, 0.1) is 0 Å². The monoisotopic (exact) mass is 266 g/mol. The molecule has 20 heavy (non-hydrogen) atoms. The normalized spacial score (nSPS) is 10.6. The van der Waals surface area contributed by atoms with Crippen LogP contribution in [0.15, 0.2) is 66.1 Å². The lowest BCUT2D eigenvalue weighted by Crippen LogP contribution is -2.24. The van der Waals surface area contributed by atoms with Crippen LogP contribution >= 0.6 is 0 Å². The maximum Gasteiger partial charge on any atom is 0.261 e. The van der Waals surface area contributed by atoms with Gasteiger partial charge in [0.25, 0.3) is 5.56 Å². The molecule has 0 aliphatic rings. The lowest BCUT2D eigenvalue weighted by Gasteiger charge is -2.07. The molecule has 0 N–H and O–H groups in total. The Labute approximate surface area is 116 Å². The lowest BCUT2D eigenvalue weighted by molar-refractivity contribution is 0.519. The van der Waals surface area contributed by atoms with Crippen molar-refractivity contribution < 1.29 is 0 Å². The van der Waals surface area contributed by atoms with Gasteiger partial charge in [-0.05, 0) is 11.6 Å². The second-order valence-corrected chi connectivity index (χ2v) is 4.44. The van der Waals surface area contributed by atoms with Crippen LogP contribution in [-0.2, 0) is 13.1 Å². The molecular formula is C15H14N4O. The van der Waals surface area contributed by atoms with Gasteiger partial charge in [-0.3, -0.25) is 14.0 Å². The Morgan fingerprint density at radius 2 is 1.90 bits per heavy atom. The summed E-state index contributed by atoms with van der Waals surface area (Å²) in [5, 5.41) is 4.12. The fourth-order valence-electron chi connectivity index (χ4n) is 2.07. The molecule has 0 bridgehead atoms. The number of nitrogens with zero attached hydrogens (tertiary/aromatic N) is 4. The van der Waals surface area contributed by atoms with E-state index in [1.807, 2.05) is 42.6 Å². The second-order valence-electron chi connectivity index (χ2n) is 4.44. The van der Waals surface area contributed by atoms with Crippen molar-refractivity contribution in [2.75, 3.05) is 0 Å². The molecule has 0 atom stereocenters. The van der Waals surface area contributed by atoms with E-state index in [1.165, 1.54) is 0 Å². The summed E-state index contributed by atoms with van der Waals surface area (Å²) in [7, 11) is 0. The summed E-state index contributed by atoms with van der Waals surface area (Å²) in [6.45, 7) is 1.20. The molecule has 0 fully saturated rings. The largest absolute Gasteiger partial charge is 0.297 e. The van der Waals surface area contributed by atoms with Gasteiger partial charge in [0, 0.05) is 25.1 Å². The summed E-state index contributed by atoms with van der Waals surface area (Å²) < 4.78 is 3.41. The van der Waals surface area contributed by atoms with Gasteiger partial charge in [-0.25, -0.2) is 4.98 Å². The van der Waals surface area contributed by atoms with E-state index in [2.05, 4.69) is 10.1 Å². The SMILES string of the molecule is O=c1c(-c2ccccc2)cncn1CCn1cccn1. The van der Waals surface area contributed by atoms with E-state index in [-0.39, 0.29) is 5.56 Å². The van der Waals surface area contributed by atoms with Crippen LogP contribution in [0.1, 0.15) is 0 Å². The zero-order valence-electron chi connectivity index (χ0n) is 10.9. The van der Waals surface area contributed by atoms with Crippen LogP contribution in [0.25, 0.3) is 11.1 Å². The number of rotatable bonds is 4. The van der Waals surface area contributed by atoms with Crippen LogP contribution in [-0.4, -0.2) is 19.3 Å². The third-order valence-electron chi connectivity index (χ3n) is 3.11. The van der Waals surface area contributed by atoms with Crippen molar-refractivity contribution in [3.8, 4) is 11.1 Å². The highest BCUT2D eigenvalue weighted by atomic mass is 16.1. The Bertz CT molecular complexity index is 732. The molecule has 5 heteroatoms. The number of aromatic nitrogens is 4. The summed E-state index contributed by atoms with van der Waals surface area (Å²) in [6.07, 6.45) is 6.78. The molecule has 3 rings (SSSR count). The predicted octanol–water partition coefficient (Wildman–Crippen LogP) is 1.81. The van der Waals surface area contributed by atoms with E-state index in [4.69, 9.17) is 0 Å². The molecule has 1 aromatic carbocycles. The molecule has 0 aliphatic heterocycles. The highest BCUT2D eigenvalue weighted by Crippen LogP contribution is 2.12. The minimum Gasteiger partial charge on any atom is -0.297 e. The number of hydrogen-bond donors (Lipinski definition) is 0. The van der Waals surface area contributed by atoms with Crippen LogP contribution in [0.5, 0.6) is 0 Å². The number of hydrogen-bond acceptors (Lipinski definition) is 3. The van der Waals surface area contributed by atoms with Gasteiger partial charge in [0.1, 0.15) is 0 Å². The minimum atomic E-state index is -0.0293. The average molecular weight is 266 g/mol. The van der Waals surface area contributed by atoms with Crippen LogP contribution < -0.4 is 5.56 Å². The molecular weight excluding hydrogens is 252 g/mol. The second kappa shape index (κ2) is 5.52. The van der Waals surface area contributed by atoms with Crippen molar-refractivity contribution in [2.45, 2.75) is 13.1 Å². The summed E-state index contributed by atoms with van der Waals surface area (Å²) >= 11 is 0. The van der Waals surface area contributed by atoms with E-state index < -0.39 is 0 Å². The molecule has 2 heterocycles. The van der Waals surface area contributed by atoms with Gasteiger partial charge in [-0.1, -0.05) is 30.3 Å². The van der Waals surface area contributed by atoms with Crippen molar-refractivity contribution >= 4 is 0 Å². The lowest BCUT2D eigenvalue weighted by atomic mass is 10.1. The first kappa shape index (κ1) is 12.3. The third kappa shape index (κ3) is 2.51. The third-order valence-corrected chi connectivity index (χ3v) is 3.11. The van der Waals surface area contributed by atoms with Crippen molar-refractivity contribution in [3.05, 3.63) is 71.7 Å². The Kier molecular flexibility index (Phi) is 3.41. The molecule has 2 aromatic heterocycles. The molecule has 0 aliphatic carbocycles. The zero-order valence-corrected chi connectivity index (χ0v) is 10.9. The Morgan fingerprint density at radius 3 is 2.65 bits per heavy atom. The number of aryl methyl sites for hydroxylation is 2. The summed E-state index contributed by atoms with van der Waals surface area (Å²) in [4.78, 5) is 16.6. The highest BCUT2D eigenvalue weighted by Gasteiger charge is 2.06. The van der Waals surface area contributed by atoms with Gasteiger partial charge in [0.15, 0.2) is 0 Å². The molecule has 100 valence electrons. The van der Waals surface area contributed by atoms with Crippen molar-refractivity contribution in [1.82, 2.24) is 19.3 Å². The first-order valence-corrected chi connectivity index (χ1v) is 6.42. The van der Waals surface area contributed by atoms with Gasteiger partial charge in [0.2, 0.25) is 0 Å². The van der Waals surface area contributed by atoms with Gasteiger partial charge in [-0.15, -0.1) is 0 Å². The molecule has 0 saturated heterocycles. The van der Waals surface area contributed by atoms with E-state index in [9.17, 15) is 4.79 Å². The maximum absolute atomic E-state index is 12.4. The first-order valence-electron chi connectivity index (χ1n) is 6.42. The Morgan fingerprint density at radius 1 is 1.05 bits per heavy atom. The van der Waals surface area contributed by atoms with E-state index in [0.29, 0.717) is 18.7 Å². The zero-order chi connectivity index (χ0) is 13.8. The van der Waals surface area contributed by atoms with Gasteiger partial charge in [0.05, 0.1) is 18.4 Å². The van der Waals surface area contributed by atoms with E-state index in [1.54, 1.807) is 28.0 Å². The molecule has 0 amide bonds. The molecule has 3 aromatic rings. The van der Waals surface area contributed by atoms with Crippen molar-refractivity contribution in [3.63, 3.8) is 0 Å². The number of benzene rings is 1. The topological polar surface area (TPSA) is 52.7 Å². The predicted molar refractivity (Wildman–Crippen MR) is 76.2 cm³/mol. The van der Waals surface area contributed by atoms with Gasteiger partial charge < -0.3 is 0 Å². The van der Waals surface area contributed by atoms with Crippen molar-refractivity contribution in [1.29, 1.82) is 0 Å². The first-order chi connectivity index (χ1) is 9.84. The van der Waals surface area contributed by atoms with Gasteiger partial charge >= 0.3 is 0 Å². The molecule has 0 unspecified atom stereocenters. The van der Waals surface area contributed by atoms with Gasteiger partial charge in [-0.2, -0.15) is 5.10 Å². The standard InChI is InChI=1S/C15H14N4O/c20-15-14(13-5-2-1-3-6-13)11-16-12-18(15)9-10-19-8-4-7-17-19/h1-8,11-12H,9-10H2. The molecule has 0 spiro atoms. The quantitative estimate of drug-likeness (QED) is 0.723. The summed E-state index contributed by atoms with van der Waals surface area (Å²) in [5.74, 6) is 0. The fourth-order valence-corrected chi connectivity index (χ4v) is 2.07. The van der Waals surface area contributed by atoms with E-state index in [0.717, 1.165) is 5.56 Å². The van der Waals surface area contributed by atoms with Crippen LogP contribution in [0.4, 0.5) is 0 Å². The van der Waals surface area contributed by atoms with Crippen LogP contribution in [0.2, 0.25) is 0 Å². The fraction of sp³-hybridized carbons (Fsp3) is 0.133. The molecule has 5 nitrogen and oxygen atoms in total. The summed E-state index contributed by atoms with van der Waals surface area (Å²) in [5.41, 5.74) is 1.48. The van der Waals surface area contributed by atoms with Crippen LogP contribution in [0.3, 0.4) is 0 Å². The van der Waals surface area contributed by atoms with Crippen molar-refractivity contribution in [2.24, 2.45) is 0 Å². The summed E-state index contributed by atoms with van der Waals surface area (Å²) in [6, 6.07) is 11.4. The molecule has 0 radical (unpaired) electrons. The Balaban J connectivity index is 1.88. The molecule has 0 saturated carbocycles.